The molecule has 0 amide bonds. The van der Waals surface area contributed by atoms with E-state index in [4.69, 9.17) is 14.2 Å². The Morgan fingerprint density at radius 1 is 0.864 bits per heavy atom. The van der Waals surface area contributed by atoms with Gasteiger partial charge in [0.05, 0.1) is 6.61 Å². The van der Waals surface area contributed by atoms with Gasteiger partial charge in [-0.25, -0.2) is 0 Å². The summed E-state index contributed by atoms with van der Waals surface area (Å²) in [5.74, 6) is 2.71. The van der Waals surface area contributed by atoms with Crippen LogP contribution in [-0.2, 0) is 6.54 Å². The van der Waals surface area contributed by atoms with Crippen molar-refractivity contribution in [2.45, 2.75) is 19.0 Å². The smallest absolute Gasteiger partial charge is 0.165 e. The van der Waals surface area contributed by atoms with E-state index in [-0.39, 0.29) is 0 Å². The van der Waals surface area contributed by atoms with Crippen molar-refractivity contribution in [2.75, 3.05) is 19.8 Å². The van der Waals surface area contributed by atoms with Crippen LogP contribution < -0.4 is 19.5 Å². The molecule has 0 aromatic heterocycles. The van der Waals surface area contributed by atoms with Crippen LogP contribution in [0.1, 0.15) is 23.6 Å². The Morgan fingerprint density at radius 2 is 1.68 bits per heavy atom. The van der Waals surface area contributed by atoms with Crippen LogP contribution in [0.5, 0.6) is 17.2 Å². The van der Waals surface area contributed by atoms with Gasteiger partial charge in [-0.1, -0.05) is 30.3 Å². The monoisotopic (exact) mass is 297 g/mol. The van der Waals surface area contributed by atoms with Gasteiger partial charge in [-0.05, 0) is 12.1 Å². The van der Waals surface area contributed by atoms with E-state index in [9.17, 15) is 0 Å². The van der Waals surface area contributed by atoms with E-state index in [2.05, 4.69) is 23.5 Å². The molecule has 0 bridgehead atoms. The highest BCUT2D eigenvalue weighted by Gasteiger charge is 2.22. The first-order chi connectivity index (χ1) is 10.9. The highest BCUT2D eigenvalue weighted by Crippen LogP contribution is 2.35. The maximum Gasteiger partial charge on any atom is 0.165 e. The molecule has 4 nitrogen and oxygen atoms in total. The summed E-state index contributed by atoms with van der Waals surface area (Å²) in [7, 11) is 0. The number of para-hydroxylation sites is 2. The van der Waals surface area contributed by atoms with Gasteiger partial charge in [0.2, 0.25) is 0 Å². The zero-order chi connectivity index (χ0) is 14.8. The second-order valence-electron chi connectivity index (χ2n) is 5.55. The first kappa shape index (κ1) is 13.5. The van der Waals surface area contributed by atoms with Crippen LogP contribution in [0.3, 0.4) is 0 Å². The van der Waals surface area contributed by atoms with Gasteiger partial charge in [0, 0.05) is 30.1 Å². The van der Waals surface area contributed by atoms with Gasteiger partial charge in [-0.2, -0.15) is 0 Å². The molecule has 2 aliphatic rings. The largest absolute Gasteiger partial charge is 0.493 e. The quantitative estimate of drug-likeness (QED) is 0.945. The molecule has 1 atom stereocenters. The number of benzene rings is 2. The van der Waals surface area contributed by atoms with Crippen molar-refractivity contribution in [3.8, 4) is 17.2 Å². The lowest BCUT2D eigenvalue weighted by Gasteiger charge is -2.27. The predicted molar refractivity (Wildman–Crippen MR) is 83.6 cm³/mol. The fraction of sp³-hybridized carbons (Fsp3) is 0.333. The third-order valence-electron chi connectivity index (χ3n) is 4.15. The lowest BCUT2D eigenvalue weighted by atomic mass is 10.00. The zero-order valence-electron chi connectivity index (χ0n) is 12.4. The topological polar surface area (TPSA) is 39.7 Å². The molecule has 2 aromatic rings. The van der Waals surface area contributed by atoms with Crippen LogP contribution in [0.25, 0.3) is 0 Å². The Hall–Kier alpha value is -2.20. The first-order valence-electron chi connectivity index (χ1n) is 7.74. The van der Waals surface area contributed by atoms with Gasteiger partial charge in [-0.15, -0.1) is 0 Å². The molecule has 2 aliphatic heterocycles. The summed E-state index contributed by atoms with van der Waals surface area (Å²) < 4.78 is 17.1. The van der Waals surface area contributed by atoms with Crippen LogP contribution in [0.2, 0.25) is 0 Å². The lowest BCUT2D eigenvalue weighted by molar-refractivity contribution is 0.169. The minimum atomic E-state index is 0.310. The molecule has 0 unspecified atom stereocenters. The number of rotatable bonds is 3. The van der Waals surface area contributed by atoms with Crippen molar-refractivity contribution < 1.29 is 14.2 Å². The van der Waals surface area contributed by atoms with E-state index in [1.807, 2.05) is 24.3 Å². The molecule has 1 N–H and O–H groups in total. The summed E-state index contributed by atoms with van der Waals surface area (Å²) in [5.41, 5.74) is 2.37. The number of ether oxygens (including phenoxy) is 3. The highest BCUT2D eigenvalue weighted by molar-refractivity contribution is 5.47. The first-order valence-corrected chi connectivity index (χ1v) is 7.74. The Labute approximate surface area is 130 Å². The summed E-state index contributed by atoms with van der Waals surface area (Å²) in [4.78, 5) is 0. The van der Waals surface area contributed by atoms with E-state index >= 15 is 0 Å². The van der Waals surface area contributed by atoms with Gasteiger partial charge in [0.1, 0.15) is 19.0 Å². The fourth-order valence-electron chi connectivity index (χ4n) is 3.06. The maximum atomic E-state index is 5.77. The fourth-order valence-corrected chi connectivity index (χ4v) is 3.06. The summed E-state index contributed by atoms with van der Waals surface area (Å²) in [6.07, 6.45) is 0.976. The number of hydrogen-bond donors (Lipinski definition) is 1. The van der Waals surface area contributed by atoms with Crippen LogP contribution >= 0.6 is 0 Å². The number of fused-ring (bicyclic) bond motifs is 2. The number of nitrogens with one attached hydrogen (secondary N) is 1. The molecule has 0 aliphatic carbocycles. The van der Waals surface area contributed by atoms with Gasteiger partial charge < -0.3 is 19.5 Å². The van der Waals surface area contributed by atoms with E-state index < -0.39 is 0 Å². The standard InChI is InChI=1S/C18H19NO3/c1-2-6-16-14(5-1)15(8-9-20-16)19-12-13-4-3-7-17-18(13)22-11-10-21-17/h1-7,15,19H,8-12H2/t15-/m1/s1. The van der Waals surface area contributed by atoms with Crippen LogP contribution in [-0.4, -0.2) is 19.8 Å². The molecule has 4 rings (SSSR count). The highest BCUT2D eigenvalue weighted by atomic mass is 16.6. The van der Waals surface area contributed by atoms with Gasteiger partial charge in [-0.3, -0.25) is 0 Å². The normalized spacial score (nSPS) is 19.2. The lowest BCUT2D eigenvalue weighted by Crippen LogP contribution is -2.27. The molecular formula is C18H19NO3. The minimum absolute atomic E-state index is 0.310. The van der Waals surface area contributed by atoms with Gasteiger partial charge in [0.15, 0.2) is 11.5 Å². The molecule has 2 aromatic carbocycles. The molecule has 22 heavy (non-hydrogen) atoms. The predicted octanol–water partition coefficient (Wildman–Crippen LogP) is 3.07. The number of hydrogen-bond acceptors (Lipinski definition) is 4. The average molecular weight is 297 g/mol. The Morgan fingerprint density at radius 3 is 2.68 bits per heavy atom. The summed E-state index contributed by atoms with van der Waals surface area (Å²) in [5, 5.41) is 3.63. The second-order valence-corrected chi connectivity index (χ2v) is 5.55. The summed E-state index contributed by atoms with van der Waals surface area (Å²) in [6, 6.07) is 14.6. The van der Waals surface area contributed by atoms with Gasteiger partial charge >= 0.3 is 0 Å². The van der Waals surface area contributed by atoms with Crippen LogP contribution in [0, 0.1) is 0 Å². The van der Waals surface area contributed by atoms with E-state index in [1.54, 1.807) is 0 Å². The van der Waals surface area contributed by atoms with Crippen molar-refractivity contribution in [3.63, 3.8) is 0 Å². The van der Waals surface area contributed by atoms with Gasteiger partial charge in [0.25, 0.3) is 0 Å². The molecule has 0 spiro atoms. The Kier molecular flexibility index (Phi) is 3.60. The van der Waals surface area contributed by atoms with Crippen molar-refractivity contribution in [1.29, 1.82) is 0 Å². The molecule has 0 saturated carbocycles. The third kappa shape index (κ3) is 2.50. The molecule has 2 heterocycles. The van der Waals surface area contributed by atoms with Crippen LogP contribution in [0.15, 0.2) is 42.5 Å². The molecule has 0 fully saturated rings. The van der Waals surface area contributed by atoms with Crippen molar-refractivity contribution in [1.82, 2.24) is 5.32 Å². The summed E-state index contributed by atoms with van der Waals surface area (Å²) in [6.45, 7) is 2.74. The minimum Gasteiger partial charge on any atom is -0.493 e. The Balaban J connectivity index is 1.52. The molecule has 0 radical (unpaired) electrons. The Bertz CT molecular complexity index is 671. The molecule has 114 valence electrons. The molecular weight excluding hydrogens is 278 g/mol. The maximum absolute atomic E-state index is 5.77. The van der Waals surface area contributed by atoms with Crippen molar-refractivity contribution >= 4 is 0 Å². The molecule has 4 heteroatoms. The summed E-state index contributed by atoms with van der Waals surface area (Å²) >= 11 is 0. The average Bonchev–Trinajstić information content (AvgIpc) is 2.60. The van der Waals surface area contributed by atoms with E-state index in [0.717, 1.165) is 42.4 Å². The van der Waals surface area contributed by atoms with Crippen LogP contribution in [0.4, 0.5) is 0 Å². The second kappa shape index (κ2) is 5.89. The van der Waals surface area contributed by atoms with E-state index in [1.165, 1.54) is 5.56 Å². The zero-order valence-corrected chi connectivity index (χ0v) is 12.4. The third-order valence-corrected chi connectivity index (χ3v) is 4.15. The van der Waals surface area contributed by atoms with Crippen molar-refractivity contribution in [2.24, 2.45) is 0 Å². The van der Waals surface area contributed by atoms with E-state index in [0.29, 0.717) is 19.3 Å². The van der Waals surface area contributed by atoms with Crippen molar-refractivity contribution in [3.05, 3.63) is 53.6 Å². The molecule has 0 saturated heterocycles. The SMILES string of the molecule is c1ccc2c(c1)OCC[C@H]2NCc1cccc2c1OCCO2.